The van der Waals surface area contributed by atoms with Gasteiger partial charge in [0.15, 0.2) is 11.6 Å². The highest BCUT2D eigenvalue weighted by Gasteiger charge is 2.41. The minimum Gasteiger partial charge on any atom is -0.490 e. The van der Waals surface area contributed by atoms with Crippen LogP contribution in [0.1, 0.15) is 44.1 Å². The number of unbranched alkanes of at least 4 members (excludes halogenated alkanes) is 2. The van der Waals surface area contributed by atoms with Crippen molar-refractivity contribution in [2.24, 2.45) is 0 Å². The van der Waals surface area contributed by atoms with Gasteiger partial charge in [0.2, 0.25) is 11.8 Å². The lowest BCUT2D eigenvalue weighted by molar-refractivity contribution is -0.492. The molecule has 1 saturated heterocycles. The first kappa shape index (κ1) is 36.3. The number of halogens is 3. The smallest absolute Gasteiger partial charge is 0.247 e. The summed E-state index contributed by atoms with van der Waals surface area (Å²) in [6.45, 7) is 1.70. The zero-order chi connectivity index (χ0) is 34.8. The van der Waals surface area contributed by atoms with Crippen molar-refractivity contribution >= 4 is 29.1 Å². The van der Waals surface area contributed by atoms with Crippen molar-refractivity contribution in [2.45, 2.75) is 57.2 Å². The van der Waals surface area contributed by atoms with E-state index < -0.39 is 17.7 Å². The van der Waals surface area contributed by atoms with Gasteiger partial charge in [-0.3, -0.25) is 24.8 Å². The second kappa shape index (κ2) is 17.6. The normalized spacial score (nSPS) is 16.2. The van der Waals surface area contributed by atoms with Gasteiger partial charge in [0.05, 0.1) is 18.5 Å². The summed E-state index contributed by atoms with van der Waals surface area (Å²) in [4.78, 5) is 37.9. The highest BCUT2D eigenvalue weighted by atomic mass is 35.5. The van der Waals surface area contributed by atoms with E-state index in [1.807, 2.05) is 46.2 Å². The Bertz CT molecular complexity index is 1550. The number of rotatable bonds is 17. The fourth-order valence-electron chi connectivity index (χ4n) is 5.80. The quantitative estimate of drug-likeness (QED) is 0.132. The van der Waals surface area contributed by atoms with Crippen LogP contribution in [0.5, 0.6) is 11.5 Å². The molecule has 3 aromatic carbocycles. The molecule has 1 atom stereocenters. The zero-order valence-electron chi connectivity index (χ0n) is 27.1. The molecule has 0 aromatic heterocycles. The topological polar surface area (TPSA) is 115 Å². The van der Waals surface area contributed by atoms with Crippen LogP contribution >= 0.6 is 11.6 Å². The average Bonchev–Trinajstić information content (AvgIpc) is 3.94. The molecule has 1 aliphatic heterocycles. The number of anilines is 1. The molecule has 2 amide bonds. The fourth-order valence-corrected chi connectivity index (χ4v) is 5.99. The molecule has 1 aliphatic carbocycles. The maximum atomic E-state index is 14.4. The second-order valence-electron chi connectivity index (χ2n) is 12.0. The van der Waals surface area contributed by atoms with Crippen molar-refractivity contribution in [1.82, 2.24) is 15.2 Å². The molecule has 11 nitrogen and oxygen atoms in total. The summed E-state index contributed by atoms with van der Waals surface area (Å²) in [5.74, 6) is -1.02. The molecule has 2 fully saturated rings. The number of piperazine rings is 1. The molecular weight excluding hydrogens is 662 g/mol. The lowest BCUT2D eigenvalue weighted by atomic mass is 10.1. The van der Waals surface area contributed by atoms with Crippen molar-refractivity contribution in [1.29, 1.82) is 0 Å². The Labute approximate surface area is 289 Å². The van der Waals surface area contributed by atoms with Gasteiger partial charge >= 0.3 is 0 Å². The van der Waals surface area contributed by atoms with Crippen molar-refractivity contribution < 1.29 is 43.1 Å². The van der Waals surface area contributed by atoms with Crippen molar-refractivity contribution in [3.8, 4) is 11.5 Å². The third-order valence-corrected chi connectivity index (χ3v) is 8.87. The molecule has 2 aliphatic rings. The molecule has 0 bridgehead atoms. The average molecular weight is 703 g/mol. The summed E-state index contributed by atoms with van der Waals surface area (Å²) in [6.07, 6.45) is 3.93. The predicted molar refractivity (Wildman–Crippen MR) is 176 cm³/mol. The Kier molecular flexibility index (Phi) is 13.0. The summed E-state index contributed by atoms with van der Waals surface area (Å²) in [5.41, 5.74) is 1.66. The van der Waals surface area contributed by atoms with Crippen LogP contribution in [0.25, 0.3) is 0 Å². The van der Waals surface area contributed by atoms with E-state index in [1.54, 1.807) is 17.0 Å². The van der Waals surface area contributed by atoms with Gasteiger partial charge in [0.1, 0.15) is 30.8 Å². The van der Waals surface area contributed by atoms with E-state index >= 15 is 0 Å². The van der Waals surface area contributed by atoms with E-state index in [1.165, 1.54) is 0 Å². The molecule has 0 spiro atoms. The van der Waals surface area contributed by atoms with Crippen molar-refractivity contribution in [3.63, 3.8) is 0 Å². The van der Waals surface area contributed by atoms with Crippen molar-refractivity contribution in [2.75, 3.05) is 44.4 Å². The first-order valence-electron chi connectivity index (χ1n) is 16.4. The van der Waals surface area contributed by atoms with E-state index in [-0.39, 0.29) is 55.4 Å². The second-order valence-corrected chi connectivity index (χ2v) is 12.4. The summed E-state index contributed by atoms with van der Waals surface area (Å²) >= 11 is 6.49. The van der Waals surface area contributed by atoms with Crippen molar-refractivity contribution in [3.05, 3.63) is 89.0 Å². The number of nitrogens with zero attached hydrogens (tertiary/aromatic N) is 4. The van der Waals surface area contributed by atoms with Gasteiger partial charge in [-0.15, -0.1) is 0 Å². The number of benzene rings is 3. The number of hydrogen-bond donors (Lipinski definition) is 2. The molecule has 2 N–H and O–H groups in total. The van der Waals surface area contributed by atoms with Crippen LogP contribution in [0.2, 0.25) is 5.02 Å². The molecular formula is C35H41ClF2N4O7. The third-order valence-electron chi connectivity index (χ3n) is 8.50. The molecule has 264 valence electrons. The van der Waals surface area contributed by atoms with Gasteiger partial charge in [0, 0.05) is 48.9 Å². The monoisotopic (exact) mass is 702 g/mol. The Balaban J connectivity index is 1.24. The molecule has 1 heterocycles. The molecule has 1 saturated carbocycles. The summed E-state index contributed by atoms with van der Waals surface area (Å²) in [6, 6.07) is 17.2. The first-order valence-corrected chi connectivity index (χ1v) is 16.8. The maximum absolute atomic E-state index is 14.4. The van der Waals surface area contributed by atoms with Gasteiger partial charge in [-0.05, 0) is 73.7 Å². The highest BCUT2D eigenvalue weighted by molar-refractivity contribution is 6.31. The van der Waals surface area contributed by atoms with E-state index in [4.69, 9.17) is 31.5 Å². The summed E-state index contributed by atoms with van der Waals surface area (Å²) in [7, 11) is 0. The van der Waals surface area contributed by atoms with E-state index in [2.05, 4.69) is 4.84 Å². The summed E-state index contributed by atoms with van der Waals surface area (Å²) in [5, 5.41) is 17.6. The zero-order valence-corrected chi connectivity index (χ0v) is 27.8. The van der Waals surface area contributed by atoms with E-state index in [0.717, 1.165) is 42.3 Å². The van der Waals surface area contributed by atoms with Crippen LogP contribution in [0.4, 0.5) is 14.5 Å². The van der Waals surface area contributed by atoms with Crippen LogP contribution in [-0.2, 0) is 21.0 Å². The molecule has 49 heavy (non-hydrogen) atoms. The van der Waals surface area contributed by atoms with Gasteiger partial charge in [-0.25, -0.2) is 8.78 Å². The van der Waals surface area contributed by atoms with Crippen LogP contribution in [0.3, 0.4) is 0 Å². The SMILES string of the molecule is O=C(CCCCCON(O)O)N1CCN(c2ccc(OCCOc3cc(F)ccc3F)cc2)[C@@H](C(=O)N(Cc2ccccc2Cl)C2CC2)C1. The molecule has 5 rings (SSSR count). The largest absolute Gasteiger partial charge is 0.490 e. The number of ether oxygens (including phenoxy) is 2. The van der Waals surface area contributed by atoms with E-state index in [9.17, 15) is 18.4 Å². The lowest BCUT2D eigenvalue weighted by Crippen LogP contribution is -2.61. The Morgan fingerprint density at radius 3 is 2.39 bits per heavy atom. The van der Waals surface area contributed by atoms with Gasteiger partial charge in [0.25, 0.3) is 0 Å². The van der Waals surface area contributed by atoms with Crippen LogP contribution in [-0.4, -0.2) is 89.0 Å². The van der Waals surface area contributed by atoms with Gasteiger partial charge < -0.3 is 24.2 Å². The van der Waals surface area contributed by atoms with Crippen LogP contribution in [0.15, 0.2) is 66.7 Å². The Hall–Kier alpha value is -4.01. The van der Waals surface area contributed by atoms with Gasteiger partial charge in [-0.1, -0.05) is 36.2 Å². The first-order chi connectivity index (χ1) is 23.7. The molecule has 0 unspecified atom stereocenters. The molecule has 14 heteroatoms. The number of carbonyl (C=O) groups excluding carboxylic acids is 2. The third kappa shape index (κ3) is 10.5. The maximum Gasteiger partial charge on any atom is 0.247 e. The van der Waals surface area contributed by atoms with Crippen LogP contribution in [0, 0.1) is 11.6 Å². The minimum absolute atomic E-state index is 0.00875. The Morgan fingerprint density at radius 2 is 1.65 bits per heavy atom. The Morgan fingerprint density at radius 1 is 0.898 bits per heavy atom. The van der Waals surface area contributed by atoms with Crippen LogP contribution < -0.4 is 14.4 Å². The fraction of sp³-hybridized carbons (Fsp3) is 0.429. The predicted octanol–water partition coefficient (Wildman–Crippen LogP) is 5.86. The lowest BCUT2D eigenvalue weighted by Gasteiger charge is -2.43. The summed E-state index contributed by atoms with van der Waals surface area (Å²) < 4.78 is 38.3. The number of carbonyl (C=O) groups is 2. The molecule has 0 radical (unpaired) electrons. The highest BCUT2D eigenvalue weighted by Crippen LogP contribution is 2.33. The van der Waals surface area contributed by atoms with Gasteiger partial charge in [-0.2, -0.15) is 0 Å². The minimum atomic E-state index is -0.659. The standard InChI is InChI=1S/C35H41ClF2N4O7/c36-30-7-4-3-6-25(30)23-41(28-10-11-28)35(44)32-24-39(34(43)8-2-1-5-19-49-42(45)46)17-18-40(32)27-12-14-29(15-13-27)47-20-21-48-33-22-26(37)9-16-31(33)38/h3-4,6-7,9,12-16,22,28,32,45-46H,1-2,5,8,10-11,17-21,23-24H2/t32-/m1/s1. The molecule has 3 aromatic rings. The number of amides is 2. The number of hydrogen-bond acceptors (Lipinski definition) is 9. The van der Waals surface area contributed by atoms with E-state index in [0.29, 0.717) is 56.1 Å².